The van der Waals surface area contributed by atoms with Crippen molar-refractivity contribution in [1.29, 1.82) is 0 Å². The SMILES string of the molecule is O=C(O)c1c(O)ccc2ccccc12.O=C(O)c1cc2ccc3cccc4ccc(c1O)c2c34.O=C(O)c1cc2ccccc2cc1O.O=C(O)c1ccc2c(ccc3ccccc32)c1O.O=C(O)c1ccc2ccccc2c1O. The first-order valence-corrected chi connectivity index (χ1v) is 24.3. The van der Waals surface area contributed by atoms with E-state index in [2.05, 4.69) is 0 Å². The molecule has 0 radical (unpaired) electrons. The normalized spacial score (nSPS) is 10.8. The first-order chi connectivity index (χ1) is 38.4. The Kier molecular flexibility index (Phi) is 15.0. The minimum Gasteiger partial charge on any atom is -0.507 e. The number of rotatable bonds is 5. The van der Waals surface area contributed by atoms with Crippen LogP contribution in [0.3, 0.4) is 0 Å². The van der Waals surface area contributed by atoms with Crippen LogP contribution in [0.5, 0.6) is 28.7 Å². The molecule has 0 atom stereocenters. The van der Waals surface area contributed by atoms with Crippen molar-refractivity contribution in [3.8, 4) is 28.7 Å². The van der Waals surface area contributed by atoms with Gasteiger partial charge in [-0.3, -0.25) is 0 Å². The molecule has 80 heavy (non-hydrogen) atoms. The number of aromatic carboxylic acids is 5. The van der Waals surface area contributed by atoms with E-state index in [1.165, 1.54) is 36.4 Å². The molecule has 15 heteroatoms. The first kappa shape index (κ1) is 53.4. The molecule has 394 valence electrons. The second kappa shape index (κ2) is 22.4. The standard InChI is InChI=1S/C17H10O3.C15H10O3.3C11H8O3/c18-16-12-7-6-10-3-1-2-9-4-5-11(15(12)14(9)10)8-13(16)17(19)20;16-14-12-6-5-9-3-1-2-4-10(9)11(12)7-8-13(14)15(17)18;12-10-6-8-4-2-1-3-7(8)5-9(10)11(13)14;12-9-6-5-7-3-1-2-4-8(7)10(9)11(13)14;12-10-8-4-2-1-3-7(8)5-6-9(10)11(13)14/h1-8,18H,(H,19,20);1-8,16H,(H,17,18);3*1-6,12H,(H,13,14). The second-order valence-corrected chi connectivity index (χ2v) is 18.1. The van der Waals surface area contributed by atoms with Crippen LogP contribution in [0.15, 0.2) is 206 Å². The highest BCUT2D eigenvalue weighted by atomic mass is 16.4. The van der Waals surface area contributed by atoms with Crippen LogP contribution in [0.25, 0.3) is 86.2 Å². The van der Waals surface area contributed by atoms with Gasteiger partial charge in [0, 0.05) is 21.5 Å². The van der Waals surface area contributed by atoms with Crippen molar-refractivity contribution in [2.24, 2.45) is 0 Å². The maximum atomic E-state index is 11.2. The van der Waals surface area contributed by atoms with Gasteiger partial charge in [-0.25, -0.2) is 24.0 Å². The lowest BCUT2D eigenvalue weighted by molar-refractivity contribution is 0.0682. The zero-order valence-corrected chi connectivity index (χ0v) is 41.6. The van der Waals surface area contributed by atoms with E-state index in [0.717, 1.165) is 64.6 Å². The van der Waals surface area contributed by atoms with Gasteiger partial charge in [0.2, 0.25) is 0 Å². The van der Waals surface area contributed by atoms with E-state index >= 15 is 0 Å². The van der Waals surface area contributed by atoms with E-state index in [1.807, 2.05) is 103 Å². The summed E-state index contributed by atoms with van der Waals surface area (Å²) in [5, 5.41) is 107. The average molecular weight is 1070 g/mol. The number of hydrogen-bond donors (Lipinski definition) is 10. The summed E-state index contributed by atoms with van der Waals surface area (Å²) < 4.78 is 0. The molecule has 0 aliphatic heterocycles. The molecule has 0 unspecified atom stereocenters. The fourth-order valence-corrected chi connectivity index (χ4v) is 9.52. The molecule has 0 fully saturated rings. The van der Waals surface area contributed by atoms with Gasteiger partial charge in [0.25, 0.3) is 0 Å². The predicted molar refractivity (Wildman–Crippen MR) is 307 cm³/mol. The van der Waals surface area contributed by atoms with Crippen molar-refractivity contribution >= 4 is 116 Å². The van der Waals surface area contributed by atoms with Crippen LogP contribution < -0.4 is 0 Å². The number of aromatic hydroxyl groups is 5. The van der Waals surface area contributed by atoms with E-state index in [9.17, 15) is 54.6 Å². The third kappa shape index (κ3) is 10.6. The van der Waals surface area contributed by atoms with Crippen LogP contribution in [-0.4, -0.2) is 80.9 Å². The summed E-state index contributed by atoms with van der Waals surface area (Å²) in [6.45, 7) is 0. The summed E-state index contributed by atoms with van der Waals surface area (Å²) in [5.41, 5.74) is -0.302. The number of carbonyl (C=O) groups is 5. The molecule has 0 bridgehead atoms. The van der Waals surface area contributed by atoms with Crippen LogP contribution in [0.4, 0.5) is 0 Å². The molecule has 15 nitrogen and oxygen atoms in total. The molecule has 13 rings (SSSR count). The number of carboxylic acids is 5. The number of fused-ring (bicyclic) bond motifs is 6. The Morgan fingerprint density at radius 2 is 0.625 bits per heavy atom. The van der Waals surface area contributed by atoms with Gasteiger partial charge in [-0.05, 0) is 113 Å². The van der Waals surface area contributed by atoms with E-state index in [1.54, 1.807) is 66.7 Å². The summed E-state index contributed by atoms with van der Waals surface area (Å²) in [4.78, 5) is 54.5. The summed E-state index contributed by atoms with van der Waals surface area (Å²) in [7, 11) is 0. The Morgan fingerprint density at radius 3 is 1.23 bits per heavy atom. The Labute approximate surface area is 452 Å². The molecule has 0 saturated heterocycles. The summed E-state index contributed by atoms with van der Waals surface area (Å²) in [6.07, 6.45) is 0. The predicted octanol–water partition coefficient (Wildman–Crippen LogP) is 14.1. The molecular formula is C65H44O15. The highest BCUT2D eigenvalue weighted by Crippen LogP contribution is 2.40. The largest absolute Gasteiger partial charge is 0.507 e. The van der Waals surface area contributed by atoms with E-state index in [0.29, 0.717) is 21.5 Å². The highest BCUT2D eigenvalue weighted by molar-refractivity contribution is 6.25. The maximum absolute atomic E-state index is 11.2. The Balaban J connectivity index is 0.000000122. The maximum Gasteiger partial charge on any atom is 0.340 e. The molecule has 13 aromatic rings. The van der Waals surface area contributed by atoms with Gasteiger partial charge < -0.3 is 51.1 Å². The molecule has 0 aliphatic carbocycles. The third-order valence-corrected chi connectivity index (χ3v) is 13.3. The van der Waals surface area contributed by atoms with Crippen LogP contribution in [0, 0.1) is 0 Å². The topological polar surface area (TPSA) is 288 Å². The molecule has 0 aromatic heterocycles. The number of phenols is 5. The molecule has 0 saturated carbocycles. The minimum absolute atomic E-state index is 0.0388. The van der Waals surface area contributed by atoms with E-state index in [-0.39, 0.29) is 56.6 Å². The van der Waals surface area contributed by atoms with Crippen molar-refractivity contribution in [3.63, 3.8) is 0 Å². The molecular weight excluding hydrogens is 1020 g/mol. The fraction of sp³-hybridized carbons (Fsp3) is 0. The van der Waals surface area contributed by atoms with Gasteiger partial charge in [0.15, 0.2) is 0 Å². The van der Waals surface area contributed by atoms with Crippen molar-refractivity contribution in [2.75, 3.05) is 0 Å². The van der Waals surface area contributed by atoms with E-state index < -0.39 is 29.8 Å². The summed E-state index contributed by atoms with van der Waals surface area (Å²) in [5.74, 6) is -6.49. The van der Waals surface area contributed by atoms with Gasteiger partial charge in [-0.15, -0.1) is 0 Å². The van der Waals surface area contributed by atoms with Crippen LogP contribution in [0.1, 0.15) is 51.8 Å². The lowest BCUT2D eigenvalue weighted by Crippen LogP contribution is -1.98. The van der Waals surface area contributed by atoms with Crippen LogP contribution in [0.2, 0.25) is 0 Å². The van der Waals surface area contributed by atoms with Crippen molar-refractivity contribution in [3.05, 3.63) is 234 Å². The van der Waals surface area contributed by atoms with E-state index in [4.69, 9.17) is 20.4 Å². The number of hydrogen-bond acceptors (Lipinski definition) is 10. The number of benzene rings is 13. The molecule has 0 aliphatic rings. The van der Waals surface area contributed by atoms with Gasteiger partial charge >= 0.3 is 29.8 Å². The quantitative estimate of drug-likeness (QED) is 0.0717. The van der Waals surface area contributed by atoms with Crippen molar-refractivity contribution in [2.45, 2.75) is 0 Å². The monoisotopic (exact) mass is 1060 g/mol. The average Bonchev–Trinajstić information content (AvgIpc) is 3.64. The smallest absolute Gasteiger partial charge is 0.340 e. The summed E-state index contributed by atoms with van der Waals surface area (Å²) >= 11 is 0. The molecule has 0 spiro atoms. The third-order valence-electron chi connectivity index (χ3n) is 13.3. The fourth-order valence-electron chi connectivity index (χ4n) is 9.52. The Hall–Kier alpha value is -11.5. The van der Waals surface area contributed by atoms with Gasteiger partial charge in [-0.1, -0.05) is 158 Å². The lowest BCUT2D eigenvalue weighted by atomic mass is 9.92. The van der Waals surface area contributed by atoms with Gasteiger partial charge in [0.05, 0.1) is 0 Å². The van der Waals surface area contributed by atoms with Crippen molar-refractivity contribution < 1.29 is 75.0 Å². The second-order valence-electron chi connectivity index (χ2n) is 18.1. The van der Waals surface area contributed by atoms with Gasteiger partial charge in [-0.2, -0.15) is 0 Å². The van der Waals surface area contributed by atoms with Crippen LogP contribution in [-0.2, 0) is 0 Å². The zero-order valence-electron chi connectivity index (χ0n) is 41.6. The van der Waals surface area contributed by atoms with Crippen LogP contribution >= 0.6 is 0 Å². The zero-order chi connectivity index (χ0) is 56.9. The lowest BCUT2D eigenvalue weighted by Gasteiger charge is -2.13. The van der Waals surface area contributed by atoms with Gasteiger partial charge in [0.1, 0.15) is 56.6 Å². The summed E-state index contributed by atoms with van der Waals surface area (Å²) in [6, 6.07) is 60.3. The number of carboxylic acid groups (broad SMARTS) is 5. The Bertz CT molecular complexity index is 4560. The molecule has 0 heterocycles. The highest BCUT2D eigenvalue weighted by Gasteiger charge is 2.19. The van der Waals surface area contributed by atoms with Crippen molar-refractivity contribution in [1.82, 2.24) is 0 Å². The Morgan fingerprint density at radius 1 is 0.237 bits per heavy atom. The molecule has 13 aromatic carbocycles. The molecule has 10 N–H and O–H groups in total. The molecule has 0 amide bonds. The first-order valence-electron chi connectivity index (χ1n) is 24.3. The minimum atomic E-state index is -1.12.